The van der Waals surface area contributed by atoms with E-state index in [2.05, 4.69) is 30.3 Å². The lowest BCUT2D eigenvalue weighted by atomic mass is 9.56. The number of hydrogen-bond donors (Lipinski definition) is 2. The largest absolute Gasteiger partial charge is 0.390 e. The van der Waals surface area contributed by atoms with Crippen LogP contribution in [0.5, 0.6) is 0 Å². The van der Waals surface area contributed by atoms with Crippen LogP contribution in [0.2, 0.25) is 5.02 Å². The van der Waals surface area contributed by atoms with Crippen molar-refractivity contribution in [2.75, 3.05) is 23.3 Å². The number of hydrogen-bond acceptors (Lipinski definition) is 8. The lowest BCUT2D eigenvalue weighted by Crippen LogP contribution is -2.67. The van der Waals surface area contributed by atoms with Gasteiger partial charge in [0.25, 0.3) is 0 Å². The van der Waals surface area contributed by atoms with Gasteiger partial charge in [-0.25, -0.2) is 24.0 Å². The Bertz CT molecular complexity index is 1490. The van der Waals surface area contributed by atoms with Crippen LogP contribution < -0.4 is 10.2 Å². The Kier molecular flexibility index (Phi) is 4.71. The second kappa shape index (κ2) is 7.60. The molecule has 2 fully saturated rings. The Balaban J connectivity index is 1.25. The molecule has 1 saturated heterocycles. The maximum atomic E-state index is 14.8. The first-order chi connectivity index (χ1) is 16.7. The molecule has 1 aliphatic heterocycles. The monoisotopic (exact) mass is 490 g/mol. The SMILES string of the molecule is CC1(O)CC2(CN(c3cc(Nc4cc5c(cn4)cnn5-c4c(F)cc(C#N)cc4Cl)ncn3)C2)C1. The van der Waals surface area contributed by atoms with Gasteiger partial charge < -0.3 is 15.3 Å². The zero-order valence-corrected chi connectivity index (χ0v) is 19.5. The number of nitriles is 1. The maximum absolute atomic E-state index is 14.8. The molecule has 0 radical (unpaired) electrons. The predicted octanol–water partition coefficient (Wildman–Crippen LogP) is 3.97. The second-order valence-corrected chi connectivity index (χ2v) is 10.1. The maximum Gasteiger partial charge on any atom is 0.151 e. The van der Waals surface area contributed by atoms with Crippen molar-refractivity contribution in [2.24, 2.45) is 5.41 Å². The van der Waals surface area contributed by atoms with Crippen molar-refractivity contribution >= 4 is 40.0 Å². The number of halogens is 2. The fourth-order valence-electron chi connectivity index (χ4n) is 5.43. The molecule has 2 N–H and O–H groups in total. The van der Waals surface area contributed by atoms with Gasteiger partial charge in [0.05, 0.1) is 34.0 Å². The molecule has 0 amide bonds. The number of aromatic nitrogens is 5. The molecule has 35 heavy (non-hydrogen) atoms. The number of aliphatic hydroxyl groups is 1. The topological polar surface area (TPSA) is 116 Å². The summed E-state index contributed by atoms with van der Waals surface area (Å²) in [4.78, 5) is 15.3. The van der Waals surface area contributed by atoms with Crippen LogP contribution in [0, 0.1) is 22.6 Å². The van der Waals surface area contributed by atoms with Gasteiger partial charge in [-0.05, 0) is 31.9 Å². The van der Waals surface area contributed by atoms with Crippen LogP contribution in [0.25, 0.3) is 16.6 Å². The van der Waals surface area contributed by atoms with Crippen LogP contribution in [-0.4, -0.2) is 48.5 Å². The minimum absolute atomic E-state index is 0.0591. The van der Waals surface area contributed by atoms with Gasteiger partial charge in [0.1, 0.15) is 29.5 Å². The van der Waals surface area contributed by atoms with E-state index in [0.29, 0.717) is 22.5 Å². The molecule has 1 spiro atoms. The quantitative estimate of drug-likeness (QED) is 0.441. The zero-order chi connectivity index (χ0) is 24.4. The van der Waals surface area contributed by atoms with Crippen molar-refractivity contribution in [1.29, 1.82) is 5.26 Å². The second-order valence-electron chi connectivity index (χ2n) is 9.68. The number of benzene rings is 1. The van der Waals surface area contributed by atoms with Crippen molar-refractivity contribution in [2.45, 2.75) is 25.4 Å². The van der Waals surface area contributed by atoms with Crippen molar-refractivity contribution in [3.05, 3.63) is 59.4 Å². The average Bonchev–Trinajstić information content (AvgIpc) is 3.18. The van der Waals surface area contributed by atoms with Crippen LogP contribution in [0.3, 0.4) is 0 Å². The molecule has 6 rings (SSSR count). The van der Waals surface area contributed by atoms with Crippen LogP contribution in [0.15, 0.2) is 43.0 Å². The summed E-state index contributed by atoms with van der Waals surface area (Å²) < 4.78 is 16.1. The Labute approximate surface area is 204 Å². The smallest absolute Gasteiger partial charge is 0.151 e. The van der Waals surface area contributed by atoms with Crippen molar-refractivity contribution < 1.29 is 9.50 Å². The highest BCUT2D eigenvalue weighted by Gasteiger charge is 2.57. The summed E-state index contributed by atoms with van der Waals surface area (Å²) in [6.07, 6.45) is 6.32. The van der Waals surface area contributed by atoms with Crippen molar-refractivity contribution in [1.82, 2.24) is 24.7 Å². The first-order valence-corrected chi connectivity index (χ1v) is 11.4. The number of nitrogens with zero attached hydrogens (tertiary/aromatic N) is 7. The van der Waals surface area contributed by atoms with E-state index in [-0.39, 0.29) is 21.7 Å². The molecule has 0 bridgehead atoms. The lowest BCUT2D eigenvalue weighted by molar-refractivity contribution is -0.126. The van der Waals surface area contributed by atoms with Crippen LogP contribution in [0.4, 0.5) is 21.8 Å². The molecular weight excluding hydrogens is 471 g/mol. The third-order valence-corrected chi connectivity index (χ3v) is 6.90. The van der Waals surface area contributed by atoms with Gasteiger partial charge in [0.2, 0.25) is 0 Å². The Morgan fingerprint density at radius 2 is 1.89 bits per heavy atom. The molecule has 1 aromatic carbocycles. The van der Waals surface area contributed by atoms with E-state index >= 15 is 0 Å². The first-order valence-electron chi connectivity index (χ1n) is 11.0. The fraction of sp³-hybridized carbons (Fsp3) is 0.292. The summed E-state index contributed by atoms with van der Waals surface area (Å²) >= 11 is 6.27. The number of rotatable bonds is 4. The molecule has 11 heteroatoms. The molecular formula is C24H20ClFN8O. The molecule has 4 aromatic rings. The van der Waals surface area contributed by atoms with E-state index in [1.54, 1.807) is 18.5 Å². The molecule has 2 aliphatic rings. The minimum atomic E-state index is -0.647. The van der Waals surface area contributed by atoms with E-state index < -0.39 is 11.4 Å². The van der Waals surface area contributed by atoms with E-state index in [9.17, 15) is 9.50 Å². The Morgan fingerprint density at radius 3 is 2.60 bits per heavy atom. The molecule has 4 heterocycles. The fourth-order valence-corrected chi connectivity index (χ4v) is 5.72. The Morgan fingerprint density at radius 1 is 1.11 bits per heavy atom. The van der Waals surface area contributed by atoms with E-state index in [1.807, 2.05) is 19.1 Å². The summed E-state index contributed by atoms with van der Waals surface area (Å²) in [5.41, 5.74) is 0.418. The third kappa shape index (κ3) is 3.73. The highest BCUT2D eigenvalue weighted by molar-refractivity contribution is 6.32. The molecule has 0 atom stereocenters. The number of anilines is 3. The molecule has 1 saturated carbocycles. The average molecular weight is 491 g/mol. The summed E-state index contributed by atoms with van der Waals surface area (Å²) in [5.74, 6) is 1.21. The van der Waals surface area contributed by atoms with Gasteiger partial charge in [-0.15, -0.1) is 0 Å². The zero-order valence-electron chi connectivity index (χ0n) is 18.7. The van der Waals surface area contributed by atoms with Gasteiger partial charge in [-0.3, -0.25) is 0 Å². The number of fused-ring (bicyclic) bond motifs is 1. The summed E-state index contributed by atoms with van der Waals surface area (Å²) in [6, 6.07) is 8.00. The van der Waals surface area contributed by atoms with Crippen LogP contribution in [-0.2, 0) is 0 Å². The Hall–Kier alpha value is -3.81. The first kappa shape index (κ1) is 21.7. The lowest BCUT2D eigenvalue weighted by Gasteiger charge is -2.61. The van der Waals surface area contributed by atoms with Gasteiger partial charge in [0.15, 0.2) is 5.82 Å². The summed E-state index contributed by atoms with van der Waals surface area (Å²) in [5, 5.41) is 27.4. The van der Waals surface area contributed by atoms with Crippen LogP contribution in [0.1, 0.15) is 25.3 Å². The van der Waals surface area contributed by atoms with Crippen molar-refractivity contribution in [3.63, 3.8) is 0 Å². The van der Waals surface area contributed by atoms with Gasteiger partial charge in [0, 0.05) is 42.2 Å². The minimum Gasteiger partial charge on any atom is -0.390 e. The van der Waals surface area contributed by atoms with Crippen LogP contribution >= 0.6 is 11.6 Å². The van der Waals surface area contributed by atoms with E-state index in [1.165, 1.54) is 17.1 Å². The molecule has 0 unspecified atom stereocenters. The standard InChI is InChI=1S/C24H20ClFN8O/c1-23(35)9-24(10-23)11-33(12-24)21-5-20(29-13-30-21)32-19-4-18-15(7-28-19)8-31-34(18)22-16(25)2-14(6-27)3-17(22)26/h2-5,7-8,13,35H,9-12H2,1H3,(H,28,29,30,32). The van der Waals surface area contributed by atoms with Gasteiger partial charge in [-0.1, -0.05) is 11.6 Å². The molecule has 9 nitrogen and oxygen atoms in total. The molecule has 1 aliphatic carbocycles. The normalized spacial score (nSPS) is 17.6. The predicted molar refractivity (Wildman–Crippen MR) is 128 cm³/mol. The number of nitrogens with one attached hydrogen (secondary N) is 1. The molecule has 3 aromatic heterocycles. The van der Waals surface area contributed by atoms with Gasteiger partial charge in [-0.2, -0.15) is 10.4 Å². The van der Waals surface area contributed by atoms with Gasteiger partial charge >= 0.3 is 0 Å². The van der Waals surface area contributed by atoms with E-state index in [4.69, 9.17) is 16.9 Å². The highest BCUT2D eigenvalue weighted by atomic mass is 35.5. The third-order valence-electron chi connectivity index (χ3n) is 6.61. The highest BCUT2D eigenvalue weighted by Crippen LogP contribution is 2.54. The number of pyridine rings is 1. The van der Waals surface area contributed by atoms with Crippen molar-refractivity contribution in [3.8, 4) is 11.8 Å². The molecule has 176 valence electrons. The summed E-state index contributed by atoms with van der Waals surface area (Å²) in [7, 11) is 0. The van der Waals surface area contributed by atoms with E-state index in [0.717, 1.165) is 37.8 Å². The summed E-state index contributed by atoms with van der Waals surface area (Å²) in [6.45, 7) is 3.60.